The maximum Gasteiger partial charge on any atom is 0.408 e. The summed E-state index contributed by atoms with van der Waals surface area (Å²) in [7, 11) is 0. The van der Waals surface area contributed by atoms with Gasteiger partial charge in [-0.1, -0.05) is 0 Å². The molecule has 1 aliphatic heterocycles. The van der Waals surface area contributed by atoms with Crippen molar-refractivity contribution >= 4 is 17.7 Å². The molecule has 0 radical (unpaired) electrons. The van der Waals surface area contributed by atoms with Crippen LogP contribution in [0.5, 0.6) is 11.5 Å². The zero-order valence-electron chi connectivity index (χ0n) is 19.4. The molecule has 1 amide bonds. The molecule has 2 atom stereocenters. The number of hydrogen-bond donors (Lipinski definition) is 2. The molecule has 0 aliphatic carbocycles. The van der Waals surface area contributed by atoms with Gasteiger partial charge in [-0.15, -0.1) is 0 Å². The topological polar surface area (TPSA) is 138 Å². The van der Waals surface area contributed by atoms with Crippen molar-refractivity contribution in [1.29, 1.82) is 0 Å². The molecule has 0 spiro atoms. The first-order chi connectivity index (χ1) is 14.7. The molecule has 2 rings (SSSR count). The summed E-state index contributed by atoms with van der Waals surface area (Å²) >= 11 is 0. The number of nitro benzene ring substituents is 1. The van der Waals surface area contributed by atoms with E-state index < -0.39 is 40.3 Å². The Labute approximate surface area is 186 Å². The van der Waals surface area contributed by atoms with Gasteiger partial charge in [-0.2, -0.15) is 0 Å². The minimum atomic E-state index is -1.08. The number of carbonyl (C=O) groups excluding carboxylic acids is 2. The Kier molecular flexibility index (Phi) is 7.55. The predicted octanol–water partition coefficient (Wildman–Crippen LogP) is 3.21. The Morgan fingerprint density at radius 3 is 2.19 bits per heavy atom. The third-order valence-corrected chi connectivity index (χ3v) is 4.20. The van der Waals surface area contributed by atoms with E-state index in [-0.39, 0.29) is 19.0 Å². The fourth-order valence-electron chi connectivity index (χ4n) is 2.87. The average molecular weight is 453 g/mol. The standard InChI is InChI=1S/C21H31N3O8/c1-12(13-8-16-17(30-11-29-16)9-15(13)24(27)28)22-10-14(18(25)31-20(2,3)4)23-19(26)32-21(5,6)7/h8-9,12,14,22H,10-11H2,1-7H3,(H,23,26). The van der Waals surface area contributed by atoms with Crippen LogP contribution < -0.4 is 20.1 Å². The normalized spacial score (nSPS) is 15.0. The average Bonchev–Trinajstić information content (AvgIpc) is 3.08. The van der Waals surface area contributed by atoms with Crippen LogP contribution in [-0.4, -0.2) is 47.6 Å². The molecule has 0 aromatic heterocycles. The fourth-order valence-corrected chi connectivity index (χ4v) is 2.87. The molecule has 0 fully saturated rings. The van der Waals surface area contributed by atoms with Gasteiger partial charge in [0.2, 0.25) is 6.79 Å². The van der Waals surface area contributed by atoms with Crippen molar-refractivity contribution < 1.29 is 33.5 Å². The molecule has 2 N–H and O–H groups in total. The molecule has 11 nitrogen and oxygen atoms in total. The SMILES string of the molecule is CC(NCC(NC(=O)OC(C)(C)C)C(=O)OC(C)(C)C)c1cc2c(cc1[N+](=O)[O-])OCO2. The van der Waals surface area contributed by atoms with Gasteiger partial charge in [-0.25, -0.2) is 9.59 Å². The molecule has 1 aromatic carbocycles. The number of nitro groups is 1. The van der Waals surface area contributed by atoms with Crippen molar-refractivity contribution in [3.05, 3.63) is 27.8 Å². The molecule has 1 aromatic rings. The van der Waals surface area contributed by atoms with Gasteiger partial charge in [-0.3, -0.25) is 10.1 Å². The van der Waals surface area contributed by atoms with Crippen LogP contribution in [-0.2, 0) is 14.3 Å². The van der Waals surface area contributed by atoms with Crippen molar-refractivity contribution in [2.75, 3.05) is 13.3 Å². The summed E-state index contributed by atoms with van der Waals surface area (Å²) in [5.74, 6) is 0.0314. The lowest BCUT2D eigenvalue weighted by Gasteiger charge is -2.27. The summed E-state index contributed by atoms with van der Waals surface area (Å²) < 4.78 is 21.2. The molecule has 0 saturated heterocycles. The summed E-state index contributed by atoms with van der Waals surface area (Å²) in [5, 5.41) is 17.1. The van der Waals surface area contributed by atoms with Gasteiger partial charge in [0.1, 0.15) is 17.2 Å². The highest BCUT2D eigenvalue weighted by atomic mass is 16.7. The van der Waals surface area contributed by atoms with Gasteiger partial charge in [0.05, 0.1) is 16.6 Å². The van der Waals surface area contributed by atoms with E-state index in [1.807, 2.05) is 0 Å². The molecule has 11 heteroatoms. The number of carbonyl (C=O) groups is 2. The van der Waals surface area contributed by atoms with Crippen molar-refractivity contribution in [2.24, 2.45) is 0 Å². The van der Waals surface area contributed by atoms with Crippen LogP contribution >= 0.6 is 0 Å². The molecular weight excluding hydrogens is 422 g/mol. The van der Waals surface area contributed by atoms with Crippen molar-refractivity contribution in [3.8, 4) is 11.5 Å². The number of nitrogens with one attached hydrogen (secondary N) is 2. The first kappa shape index (κ1) is 25.2. The van der Waals surface area contributed by atoms with E-state index >= 15 is 0 Å². The summed E-state index contributed by atoms with van der Waals surface area (Å²) in [6.45, 7) is 11.9. The van der Waals surface area contributed by atoms with Crippen molar-refractivity contribution in [1.82, 2.24) is 10.6 Å². The number of hydrogen-bond acceptors (Lipinski definition) is 9. The van der Waals surface area contributed by atoms with Crippen LogP contribution in [0.1, 0.15) is 60.1 Å². The third kappa shape index (κ3) is 7.26. The summed E-state index contributed by atoms with van der Waals surface area (Å²) in [4.78, 5) is 35.9. The van der Waals surface area contributed by atoms with Crippen molar-refractivity contribution in [2.45, 2.75) is 71.8 Å². The van der Waals surface area contributed by atoms with E-state index in [4.69, 9.17) is 18.9 Å². The quantitative estimate of drug-likeness (QED) is 0.362. The van der Waals surface area contributed by atoms with Crippen LogP contribution in [0.2, 0.25) is 0 Å². The number of amides is 1. The number of fused-ring (bicyclic) bond motifs is 1. The van der Waals surface area contributed by atoms with E-state index in [0.717, 1.165) is 0 Å². The van der Waals surface area contributed by atoms with Crippen LogP contribution in [0.4, 0.5) is 10.5 Å². The zero-order chi connectivity index (χ0) is 24.3. The molecule has 1 heterocycles. The molecule has 0 bridgehead atoms. The second kappa shape index (κ2) is 9.60. The lowest BCUT2D eigenvalue weighted by Crippen LogP contribution is -2.51. The van der Waals surface area contributed by atoms with Gasteiger partial charge < -0.3 is 29.6 Å². The Morgan fingerprint density at radius 1 is 1.09 bits per heavy atom. The lowest BCUT2D eigenvalue weighted by atomic mass is 10.0. The second-order valence-corrected chi connectivity index (χ2v) is 9.38. The minimum Gasteiger partial charge on any atom is -0.458 e. The molecule has 2 unspecified atom stereocenters. The van der Waals surface area contributed by atoms with Gasteiger partial charge in [0, 0.05) is 12.6 Å². The highest BCUT2D eigenvalue weighted by Gasteiger charge is 2.31. The van der Waals surface area contributed by atoms with Crippen molar-refractivity contribution in [3.63, 3.8) is 0 Å². The van der Waals surface area contributed by atoms with E-state index in [1.165, 1.54) is 12.1 Å². The highest BCUT2D eigenvalue weighted by Crippen LogP contribution is 2.40. The smallest absolute Gasteiger partial charge is 0.408 e. The number of nitrogens with zero attached hydrogens (tertiary/aromatic N) is 1. The fraction of sp³-hybridized carbons (Fsp3) is 0.619. The van der Waals surface area contributed by atoms with Crippen LogP contribution in [0, 0.1) is 10.1 Å². The minimum absolute atomic E-state index is 0.0156. The Balaban J connectivity index is 2.18. The molecule has 0 saturated carbocycles. The van der Waals surface area contributed by atoms with Gasteiger partial charge in [0.25, 0.3) is 5.69 Å². The summed E-state index contributed by atoms with van der Waals surface area (Å²) in [5.41, 5.74) is -1.33. The molecular formula is C21H31N3O8. The number of ether oxygens (including phenoxy) is 4. The third-order valence-electron chi connectivity index (χ3n) is 4.20. The summed E-state index contributed by atoms with van der Waals surface area (Å²) in [6.07, 6.45) is -0.781. The van der Waals surface area contributed by atoms with Gasteiger partial charge in [0.15, 0.2) is 11.5 Å². The zero-order valence-corrected chi connectivity index (χ0v) is 19.4. The van der Waals surface area contributed by atoms with Gasteiger partial charge in [-0.05, 0) is 54.5 Å². The number of alkyl carbamates (subject to hydrolysis) is 1. The van der Waals surface area contributed by atoms with E-state index in [1.54, 1.807) is 48.5 Å². The molecule has 178 valence electrons. The van der Waals surface area contributed by atoms with Crippen LogP contribution in [0.25, 0.3) is 0 Å². The number of esters is 1. The highest BCUT2D eigenvalue weighted by molar-refractivity contribution is 5.82. The molecule has 32 heavy (non-hydrogen) atoms. The number of benzene rings is 1. The largest absolute Gasteiger partial charge is 0.458 e. The first-order valence-corrected chi connectivity index (χ1v) is 10.2. The number of rotatable bonds is 7. The predicted molar refractivity (Wildman–Crippen MR) is 115 cm³/mol. The summed E-state index contributed by atoms with van der Waals surface area (Å²) in [6, 6.07) is 1.19. The maximum atomic E-state index is 12.7. The van der Waals surface area contributed by atoms with Gasteiger partial charge >= 0.3 is 12.1 Å². The first-order valence-electron chi connectivity index (χ1n) is 10.2. The Morgan fingerprint density at radius 2 is 1.66 bits per heavy atom. The van der Waals surface area contributed by atoms with E-state index in [9.17, 15) is 19.7 Å². The lowest BCUT2D eigenvalue weighted by molar-refractivity contribution is -0.385. The Hall–Kier alpha value is -3.08. The maximum absolute atomic E-state index is 12.7. The second-order valence-electron chi connectivity index (χ2n) is 9.38. The van der Waals surface area contributed by atoms with E-state index in [2.05, 4.69) is 10.6 Å². The van der Waals surface area contributed by atoms with E-state index in [0.29, 0.717) is 17.1 Å². The molecule has 1 aliphatic rings. The monoisotopic (exact) mass is 453 g/mol. The van der Waals surface area contributed by atoms with Crippen LogP contribution in [0.3, 0.4) is 0 Å². The van der Waals surface area contributed by atoms with Crippen LogP contribution in [0.15, 0.2) is 12.1 Å². The Bertz CT molecular complexity index is 873.